The van der Waals surface area contributed by atoms with Crippen molar-refractivity contribution in [2.24, 2.45) is 5.92 Å². The van der Waals surface area contributed by atoms with Gasteiger partial charge in [-0.05, 0) is 30.0 Å². The van der Waals surface area contributed by atoms with Crippen molar-refractivity contribution in [1.29, 1.82) is 0 Å². The van der Waals surface area contributed by atoms with E-state index in [0.29, 0.717) is 24.6 Å². The first-order chi connectivity index (χ1) is 9.43. The summed E-state index contributed by atoms with van der Waals surface area (Å²) in [6.45, 7) is 8.84. The van der Waals surface area contributed by atoms with Crippen LogP contribution in [0.15, 0.2) is 12.1 Å². The van der Waals surface area contributed by atoms with Gasteiger partial charge in [0.25, 0.3) is 0 Å². The fourth-order valence-corrected chi connectivity index (χ4v) is 1.98. The second-order valence-electron chi connectivity index (χ2n) is 5.63. The van der Waals surface area contributed by atoms with Crippen LogP contribution in [-0.4, -0.2) is 12.6 Å². The van der Waals surface area contributed by atoms with Crippen molar-refractivity contribution in [2.45, 2.75) is 53.1 Å². The Morgan fingerprint density at radius 1 is 1.15 bits per heavy atom. The lowest BCUT2D eigenvalue weighted by Crippen LogP contribution is -2.22. The highest BCUT2D eigenvalue weighted by Crippen LogP contribution is 2.24. The van der Waals surface area contributed by atoms with Gasteiger partial charge in [0, 0.05) is 12.6 Å². The zero-order valence-corrected chi connectivity index (χ0v) is 12.8. The Morgan fingerprint density at radius 2 is 1.75 bits per heavy atom. The van der Waals surface area contributed by atoms with Crippen LogP contribution in [0.1, 0.15) is 46.1 Å². The lowest BCUT2D eigenvalue weighted by Gasteiger charge is -2.14. The van der Waals surface area contributed by atoms with E-state index in [1.54, 1.807) is 0 Å². The first kappa shape index (κ1) is 16.9. The first-order valence-corrected chi connectivity index (χ1v) is 7.28. The van der Waals surface area contributed by atoms with Crippen LogP contribution in [-0.2, 0) is 6.54 Å². The standard InChI is InChI=1S/C16H25F2NO/c1-5-6-12(4)10-20-16-14(17)7-13(8-15(16)18)9-19-11(2)3/h7-8,11-12,19H,5-6,9-10H2,1-4H3. The maximum atomic E-state index is 13.9. The fourth-order valence-electron chi connectivity index (χ4n) is 1.98. The Kier molecular flexibility index (Phi) is 6.93. The normalized spacial score (nSPS) is 12.8. The molecule has 1 rings (SSSR count). The summed E-state index contributed by atoms with van der Waals surface area (Å²) in [5.41, 5.74) is 0.586. The Labute approximate surface area is 120 Å². The van der Waals surface area contributed by atoms with Crippen LogP contribution in [0.4, 0.5) is 8.78 Å². The van der Waals surface area contributed by atoms with Gasteiger partial charge in [0.05, 0.1) is 6.61 Å². The van der Waals surface area contributed by atoms with Gasteiger partial charge in [0.2, 0.25) is 0 Å². The lowest BCUT2D eigenvalue weighted by atomic mass is 10.1. The summed E-state index contributed by atoms with van der Waals surface area (Å²) in [4.78, 5) is 0. The van der Waals surface area contributed by atoms with Crippen LogP contribution in [0.3, 0.4) is 0 Å². The van der Waals surface area contributed by atoms with Crippen LogP contribution in [0.5, 0.6) is 5.75 Å². The van der Waals surface area contributed by atoms with Gasteiger partial charge in [0.1, 0.15) is 0 Å². The summed E-state index contributed by atoms with van der Waals surface area (Å²) in [7, 11) is 0. The minimum Gasteiger partial charge on any atom is -0.487 e. The quantitative estimate of drug-likeness (QED) is 0.770. The molecule has 1 N–H and O–H groups in total. The molecule has 1 aromatic carbocycles. The number of hydrogen-bond acceptors (Lipinski definition) is 2. The van der Waals surface area contributed by atoms with Crippen molar-refractivity contribution in [1.82, 2.24) is 5.32 Å². The molecule has 20 heavy (non-hydrogen) atoms. The molecule has 0 fully saturated rings. The highest BCUT2D eigenvalue weighted by molar-refractivity contribution is 5.31. The van der Waals surface area contributed by atoms with E-state index in [0.717, 1.165) is 12.8 Å². The molecular formula is C16H25F2NO. The summed E-state index contributed by atoms with van der Waals surface area (Å²) >= 11 is 0. The van der Waals surface area contributed by atoms with Crippen molar-refractivity contribution in [3.63, 3.8) is 0 Å². The van der Waals surface area contributed by atoms with Gasteiger partial charge in [-0.3, -0.25) is 0 Å². The topological polar surface area (TPSA) is 21.3 Å². The molecule has 0 aliphatic rings. The average Bonchev–Trinajstić information content (AvgIpc) is 2.35. The van der Waals surface area contributed by atoms with E-state index in [-0.39, 0.29) is 11.8 Å². The molecule has 0 aliphatic carbocycles. The smallest absolute Gasteiger partial charge is 0.190 e. The Balaban J connectivity index is 2.68. The van der Waals surface area contributed by atoms with E-state index in [1.165, 1.54) is 12.1 Å². The molecule has 0 spiro atoms. The highest BCUT2D eigenvalue weighted by Gasteiger charge is 2.14. The lowest BCUT2D eigenvalue weighted by molar-refractivity contribution is 0.231. The van der Waals surface area contributed by atoms with E-state index < -0.39 is 11.6 Å². The number of ether oxygens (including phenoxy) is 1. The Bertz CT molecular complexity index is 398. The van der Waals surface area contributed by atoms with Gasteiger partial charge < -0.3 is 10.1 Å². The zero-order chi connectivity index (χ0) is 15.1. The molecule has 0 saturated heterocycles. The Morgan fingerprint density at radius 3 is 2.25 bits per heavy atom. The monoisotopic (exact) mass is 285 g/mol. The summed E-state index contributed by atoms with van der Waals surface area (Å²) in [5.74, 6) is -1.23. The van der Waals surface area contributed by atoms with Crippen molar-refractivity contribution in [2.75, 3.05) is 6.61 Å². The van der Waals surface area contributed by atoms with Crippen LogP contribution in [0.2, 0.25) is 0 Å². The molecule has 2 nitrogen and oxygen atoms in total. The molecule has 0 saturated carbocycles. The van der Waals surface area contributed by atoms with Gasteiger partial charge in [-0.1, -0.05) is 34.1 Å². The average molecular weight is 285 g/mol. The number of halogens is 2. The minimum atomic E-state index is -0.630. The Hall–Kier alpha value is -1.16. The fraction of sp³-hybridized carbons (Fsp3) is 0.625. The molecule has 0 amide bonds. The molecule has 0 heterocycles. The molecular weight excluding hydrogens is 260 g/mol. The summed E-state index contributed by atoms with van der Waals surface area (Å²) in [6, 6.07) is 2.93. The van der Waals surface area contributed by atoms with Gasteiger partial charge in [0.15, 0.2) is 17.4 Å². The van der Waals surface area contributed by atoms with E-state index in [9.17, 15) is 8.78 Å². The van der Waals surface area contributed by atoms with Crippen LogP contribution in [0.25, 0.3) is 0 Å². The van der Waals surface area contributed by atoms with Crippen molar-refractivity contribution >= 4 is 0 Å². The molecule has 1 atom stereocenters. The molecule has 114 valence electrons. The van der Waals surface area contributed by atoms with Gasteiger partial charge in [-0.25, -0.2) is 8.78 Å². The molecule has 0 aromatic heterocycles. The number of nitrogens with one attached hydrogen (secondary N) is 1. The van der Waals surface area contributed by atoms with E-state index in [1.807, 2.05) is 20.8 Å². The van der Waals surface area contributed by atoms with Crippen molar-refractivity contribution in [3.05, 3.63) is 29.3 Å². The molecule has 4 heteroatoms. The largest absolute Gasteiger partial charge is 0.487 e. The number of benzene rings is 1. The maximum absolute atomic E-state index is 13.9. The third-order valence-corrected chi connectivity index (χ3v) is 3.07. The molecule has 0 aliphatic heterocycles. The molecule has 0 bridgehead atoms. The molecule has 1 unspecified atom stereocenters. The zero-order valence-electron chi connectivity index (χ0n) is 12.8. The van der Waals surface area contributed by atoms with Crippen LogP contribution >= 0.6 is 0 Å². The van der Waals surface area contributed by atoms with Crippen LogP contribution < -0.4 is 10.1 Å². The van der Waals surface area contributed by atoms with E-state index >= 15 is 0 Å². The second kappa shape index (κ2) is 8.20. The third kappa shape index (κ3) is 5.45. The van der Waals surface area contributed by atoms with Gasteiger partial charge in [-0.15, -0.1) is 0 Å². The van der Waals surface area contributed by atoms with Crippen molar-refractivity contribution in [3.8, 4) is 5.75 Å². The number of rotatable bonds is 8. The van der Waals surface area contributed by atoms with Crippen molar-refractivity contribution < 1.29 is 13.5 Å². The predicted octanol–water partition coefficient (Wildman–Crippen LogP) is 4.28. The number of hydrogen-bond donors (Lipinski definition) is 1. The minimum absolute atomic E-state index is 0.263. The SMILES string of the molecule is CCCC(C)COc1c(F)cc(CNC(C)C)cc1F. The summed E-state index contributed by atoms with van der Waals surface area (Å²) < 4.78 is 33.0. The van der Waals surface area contributed by atoms with E-state index in [2.05, 4.69) is 12.2 Å². The third-order valence-electron chi connectivity index (χ3n) is 3.07. The molecule has 0 radical (unpaired) electrons. The van der Waals surface area contributed by atoms with Crippen LogP contribution in [0, 0.1) is 17.6 Å². The molecule has 1 aromatic rings. The second-order valence-corrected chi connectivity index (χ2v) is 5.63. The van der Waals surface area contributed by atoms with Gasteiger partial charge in [-0.2, -0.15) is 0 Å². The predicted molar refractivity (Wildman–Crippen MR) is 77.9 cm³/mol. The maximum Gasteiger partial charge on any atom is 0.190 e. The van der Waals surface area contributed by atoms with E-state index in [4.69, 9.17) is 4.74 Å². The summed E-state index contributed by atoms with van der Waals surface area (Å²) in [6.07, 6.45) is 2.02. The van der Waals surface area contributed by atoms with Gasteiger partial charge >= 0.3 is 0 Å². The highest BCUT2D eigenvalue weighted by atomic mass is 19.1. The summed E-state index contributed by atoms with van der Waals surface area (Å²) in [5, 5.41) is 3.13. The first-order valence-electron chi connectivity index (χ1n) is 7.28.